The van der Waals surface area contributed by atoms with E-state index in [1.54, 1.807) is 12.1 Å². The summed E-state index contributed by atoms with van der Waals surface area (Å²) in [6, 6.07) is 8.79. The van der Waals surface area contributed by atoms with E-state index in [2.05, 4.69) is 5.43 Å². The van der Waals surface area contributed by atoms with E-state index in [0.717, 1.165) is 23.6 Å². The number of aryl methyl sites for hydroxylation is 2. The van der Waals surface area contributed by atoms with E-state index in [9.17, 15) is 14.0 Å². The highest BCUT2D eigenvalue weighted by molar-refractivity contribution is 6.17. The molecule has 0 saturated heterocycles. The zero-order chi connectivity index (χ0) is 24.1. The van der Waals surface area contributed by atoms with Gasteiger partial charge in [0.15, 0.2) is 0 Å². The van der Waals surface area contributed by atoms with Crippen LogP contribution in [-0.4, -0.2) is 35.6 Å². The van der Waals surface area contributed by atoms with Crippen molar-refractivity contribution in [2.24, 2.45) is 5.41 Å². The Kier molecular flexibility index (Phi) is 8.44. The van der Waals surface area contributed by atoms with Crippen LogP contribution in [0, 0.1) is 25.1 Å². The number of rotatable bonds is 7. The van der Waals surface area contributed by atoms with Crippen LogP contribution in [0.4, 0.5) is 4.39 Å². The van der Waals surface area contributed by atoms with Gasteiger partial charge in [0.25, 0.3) is 11.8 Å². The Bertz CT molecular complexity index is 955. The van der Waals surface area contributed by atoms with Gasteiger partial charge >= 0.3 is 7.69 Å². The lowest BCUT2D eigenvalue weighted by Crippen LogP contribution is -2.56. The van der Waals surface area contributed by atoms with Gasteiger partial charge in [0, 0.05) is 11.6 Å². The van der Waals surface area contributed by atoms with Gasteiger partial charge in [0.1, 0.15) is 11.6 Å². The van der Waals surface area contributed by atoms with Gasteiger partial charge in [-0.05, 0) is 49.9 Å². The molecule has 0 saturated carbocycles. The summed E-state index contributed by atoms with van der Waals surface area (Å²) in [4.78, 5) is 26.6. The Balaban J connectivity index is 2.46. The number of halogens is 1. The highest BCUT2D eigenvalue weighted by atomic mass is 19.1. The van der Waals surface area contributed by atoms with Crippen molar-refractivity contribution in [1.82, 2.24) is 10.4 Å². The van der Waals surface area contributed by atoms with Crippen molar-refractivity contribution in [1.29, 1.82) is 0 Å². The van der Waals surface area contributed by atoms with E-state index in [0.29, 0.717) is 19.7 Å². The third-order valence-electron chi connectivity index (χ3n) is 5.16. The van der Waals surface area contributed by atoms with Gasteiger partial charge in [-0.15, -0.1) is 0 Å². The number of hydrogen-bond acceptors (Lipinski definition) is 4. The summed E-state index contributed by atoms with van der Waals surface area (Å²) in [6.07, 6.45) is 1.45. The number of hydrogen-bond donors (Lipinski definition) is 2. The summed E-state index contributed by atoms with van der Waals surface area (Å²) in [7, 11) is 0.428. The lowest BCUT2D eigenvalue weighted by Gasteiger charge is -2.40. The molecular weight excluding hydrogens is 410 g/mol. The third kappa shape index (κ3) is 6.32. The van der Waals surface area contributed by atoms with Crippen molar-refractivity contribution in [2.75, 3.05) is 0 Å². The van der Waals surface area contributed by atoms with Crippen LogP contribution in [0.25, 0.3) is 0 Å². The molecule has 0 aliphatic heterocycles. The molecule has 6 nitrogen and oxygen atoms in total. The first kappa shape index (κ1) is 25.4. The van der Waals surface area contributed by atoms with E-state index in [4.69, 9.17) is 9.68 Å². The Labute approximate surface area is 190 Å². The lowest BCUT2D eigenvalue weighted by atomic mass is 9.83. The predicted molar refractivity (Wildman–Crippen MR) is 123 cm³/mol. The van der Waals surface area contributed by atoms with E-state index in [-0.39, 0.29) is 28.7 Å². The molecule has 2 aromatic rings. The normalized spacial score (nSPS) is 12.1. The Morgan fingerprint density at radius 2 is 1.78 bits per heavy atom. The second kappa shape index (κ2) is 10.6. The maximum absolute atomic E-state index is 14.5. The molecule has 171 valence electrons. The monoisotopic (exact) mass is 441 g/mol. The second-order valence-electron chi connectivity index (χ2n) is 9.03. The Morgan fingerprint density at radius 3 is 2.28 bits per heavy atom. The van der Waals surface area contributed by atoms with Crippen LogP contribution >= 0.6 is 0 Å². The number of amides is 2. The van der Waals surface area contributed by atoms with Gasteiger partial charge < -0.3 is 9.68 Å². The molecule has 2 amide bonds. The van der Waals surface area contributed by atoms with Crippen LogP contribution in [0.2, 0.25) is 0 Å². The third-order valence-corrected chi connectivity index (χ3v) is 5.16. The number of hydrazine groups is 1. The first-order valence-corrected chi connectivity index (χ1v) is 10.6. The second-order valence-corrected chi connectivity index (χ2v) is 9.03. The number of carbonyl (C=O) groups excluding carboxylic acids is 2. The molecule has 0 aliphatic carbocycles. The number of nitrogens with one attached hydrogen (secondary N) is 1. The standard InChI is InChI=1S/C24H31BFN2O4/c1-7-8-21(24(4,5)6)28(23(30)17-12-15(2)11-16(3)13-17)27-22(29)19-10-9-18(32-25-31)14-20(19)26/h9-14,21,31H,7-8H2,1-6H3,(H,27,29)/t21-/m1/s1. The molecule has 0 fully saturated rings. The predicted octanol–water partition coefficient (Wildman–Crippen LogP) is 4.35. The molecule has 0 aromatic heterocycles. The maximum Gasteiger partial charge on any atom is 0.569 e. The fourth-order valence-corrected chi connectivity index (χ4v) is 3.71. The fourth-order valence-electron chi connectivity index (χ4n) is 3.71. The average molecular weight is 441 g/mol. The number of nitrogens with zero attached hydrogens (tertiary/aromatic N) is 1. The molecule has 2 N–H and O–H groups in total. The largest absolute Gasteiger partial charge is 0.569 e. The van der Waals surface area contributed by atoms with Gasteiger partial charge in [-0.2, -0.15) is 0 Å². The van der Waals surface area contributed by atoms with Gasteiger partial charge in [-0.25, -0.2) is 9.40 Å². The summed E-state index contributed by atoms with van der Waals surface area (Å²) in [6.45, 7) is 11.8. The first-order valence-electron chi connectivity index (χ1n) is 10.6. The zero-order valence-electron chi connectivity index (χ0n) is 19.5. The average Bonchev–Trinajstić information content (AvgIpc) is 2.68. The van der Waals surface area contributed by atoms with Crippen LogP contribution < -0.4 is 10.1 Å². The summed E-state index contributed by atoms with van der Waals surface area (Å²) in [5.41, 5.74) is 4.40. The van der Waals surface area contributed by atoms with Crippen molar-refractivity contribution in [3.05, 3.63) is 64.5 Å². The summed E-state index contributed by atoms with van der Waals surface area (Å²) in [5.74, 6) is -1.88. The topological polar surface area (TPSA) is 78.9 Å². The Morgan fingerprint density at radius 1 is 1.16 bits per heavy atom. The van der Waals surface area contributed by atoms with Gasteiger partial charge in [-0.1, -0.05) is 51.3 Å². The summed E-state index contributed by atoms with van der Waals surface area (Å²) in [5, 5.41) is 10.0. The molecule has 0 unspecified atom stereocenters. The Hall–Kier alpha value is -2.87. The molecule has 0 bridgehead atoms. The van der Waals surface area contributed by atoms with Crippen LogP contribution in [-0.2, 0) is 0 Å². The molecule has 32 heavy (non-hydrogen) atoms. The van der Waals surface area contributed by atoms with Crippen LogP contribution in [0.15, 0.2) is 36.4 Å². The van der Waals surface area contributed by atoms with E-state index in [1.165, 1.54) is 17.1 Å². The van der Waals surface area contributed by atoms with E-state index < -0.39 is 11.7 Å². The van der Waals surface area contributed by atoms with Gasteiger partial charge in [0.05, 0.1) is 11.6 Å². The van der Waals surface area contributed by atoms with E-state index in [1.807, 2.05) is 47.6 Å². The lowest BCUT2D eigenvalue weighted by molar-refractivity contribution is 0.0269. The smallest absolute Gasteiger partial charge is 0.537 e. The minimum absolute atomic E-state index is 0.0447. The fraction of sp³-hybridized carbons (Fsp3) is 0.417. The molecule has 2 aromatic carbocycles. The maximum atomic E-state index is 14.5. The van der Waals surface area contributed by atoms with E-state index >= 15 is 0 Å². The number of benzene rings is 2. The van der Waals surface area contributed by atoms with Crippen LogP contribution in [0.5, 0.6) is 5.75 Å². The molecular formula is C24H31BFN2O4. The van der Waals surface area contributed by atoms with Gasteiger partial charge in [0.2, 0.25) is 0 Å². The molecule has 8 heteroatoms. The molecule has 1 radical (unpaired) electrons. The van der Waals surface area contributed by atoms with Crippen molar-refractivity contribution in [2.45, 2.75) is 60.4 Å². The summed E-state index contributed by atoms with van der Waals surface area (Å²) >= 11 is 0. The molecule has 0 heterocycles. The SMILES string of the molecule is CCC[C@@H](N(NC(=O)c1ccc(O[B]O)cc1F)C(=O)c1cc(C)cc(C)c1)C(C)(C)C. The zero-order valence-corrected chi connectivity index (χ0v) is 19.5. The molecule has 2 rings (SSSR count). The molecule has 0 spiro atoms. The summed E-state index contributed by atoms with van der Waals surface area (Å²) < 4.78 is 19.3. The van der Waals surface area contributed by atoms with Crippen LogP contribution in [0.3, 0.4) is 0 Å². The van der Waals surface area contributed by atoms with Crippen molar-refractivity contribution >= 4 is 19.5 Å². The first-order chi connectivity index (χ1) is 15.0. The highest BCUT2D eigenvalue weighted by Gasteiger charge is 2.35. The van der Waals surface area contributed by atoms with Gasteiger partial charge in [-0.3, -0.25) is 15.0 Å². The minimum atomic E-state index is -0.830. The van der Waals surface area contributed by atoms with Crippen molar-refractivity contribution < 1.29 is 23.7 Å². The van der Waals surface area contributed by atoms with Crippen molar-refractivity contribution in [3.8, 4) is 5.75 Å². The number of carbonyl (C=O) groups is 2. The van der Waals surface area contributed by atoms with Crippen LogP contribution in [0.1, 0.15) is 72.4 Å². The quantitative estimate of drug-likeness (QED) is 0.495. The van der Waals surface area contributed by atoms with Crippen molar-refractivity contribution in [3.63, 3.8) is 0 Å². The minimum Gasteiger partial charge on any atom is -0.537 e. The molecule has 1 atom stereocenters. The highest BCUT2D eigenvalue weighted by Crippen LogP contribution is 2.29. The molecule has 0 aliphatic rings.